The summed E-state index contributed by atoms with van der Waals surface area (Å²) in [5.74, 6) is 0. The third-order valence-electron chi connectivity index (χ3n) is 2.32. The normalized spacial score (nSPS) is 14.4. The first-order chi connectivity index (χ1) is 7.29. The molecule has 1 aromatic rings. The highest BCUT2D eigenvalue weighted by molar-refractivity contribution is 4.90. The van der Waals surface area contributed by atoms with Crippen molar-refractivity contribution >= 4 is 0 Å². The molecule has 92 valence electrons. The van der Waals surface area contributed by atoms with Gasteiger partial charge in [-0.2, -0.15) is 13.2 Å². The molecule has 4 nitrogen and oxygen atoms in total. The van der Waals surface area contributed by atoms with E-state index in [4.69, 9.17) is 5.73 Å². The van der Waals surface area contributed by atoms with E-state index in [0.717, 1.165) is 6.20 Å². The Kier molecular flexibility index (Phi) is 3.47. The Hall–Kier alpha value is -1.24. The van der Waals surface area contributed by atoms with Crippen LogP contribution < -0.4 is 11.4 Å². The van der Waals surface area contributed by atoms with Crippen molar-refractivity contribution in [2.24, 2.45) is 5.73 Å². The molecule has 0 saturated carbocycles. The summed E-state index contributed by atoms with van der Waals surface area (Å²) >= 11 is 0. The molecule has 1 aromatic heterocycles. The van der Waals surface area contributed by atoms with Gasteiger partial charge in [-0.15, -0.1) is 0 Å². The molecule has 0 amide bonds. The smallest absolute Gasteiger partial charge is 0.328 e. The van der Waals surface area contributed by atoms with Gasteiger partial charge in [0.1, 0.15) is 6.04 Å². The highest BCUT2D eigenvalue weighted by Crippen LogP contribution is 2.28. The van der Waals surface area contributed by atoms with E-state index in [9.17, 15) is 18.0 Å². The van der Waals surface area contributed by atoms with E-state index in [0.29, 0.717) is 4.57 Å². The Labute approximate surface area is 90.5 Å². The number of hydrogen-bond donors (Lipinski definition) is 1. The van der Waals surface area contributed by atoms with Crippen molar-refractivity contribution in [3.63, 3.8) is 0 Å². The van der Waals surface area contributed by atoms with Crippen LogP contribution in [0.1, 0.15) is 25.9 Å². The fraction of sp³-hybridized carbons (Fsp3) is 0.667. The molecule has 7 heteroatoms. The Balaban J connectivity index is 3.18. The van der Waals surface area contributed by atoms with Crippen LogP contribution in [0.15, 0.2) is 17.2 Å². The third-order valence-corrected chi connectivity index (χ3v) is 2.32. The van der Waals surface area contributed by atoms with Gasteiger partial charge in [-0.25, -0.2) is 4.79 Å². The topological polar surface area (TPSA) is 52.9 Å². The summed E-state index contributed by atoms with van der Waals surface area (Å²) in [5, 5.41) is 0. The monoisotopic (exact) mass is 237 g/mol. The average Bonchev–Trinajstić information content (AvgIpc) is 2.47. The largest absolute Gasteiger partial charge is 0.410 e. The van der Waals surface area contributed by atoms with Crippen LogP contribution >= 0.6 is 0 Å². The van der Waals surface area contributed by atoms with Gasteiger partial charge in [-0.3, -0.25) is 9.13 Å². The number of nitrogens with zero attached hydrogens (tertiary/aromatic N) is 2. The highest BCUT2D eigenvalue weighted by atomic mass is 19.4. The second kappa shape index (κ2) is 4.32. The lowest BCUT2D eigenvalue weighted by Crippen LogP contribution is -2.39. The van der Waals surface area contributed by atoms with Crippen molar-refractivity contribution in [3.05, 3.63) is 22.9 Å². The van der Waals surface area contributed by atoms with E-state index in [1.165, 1.54) is 10.8 Å². The summed E-state index contributed by atoms with van der Waals surface area (Å²) in [6.07, 6.45) is -2.06. The molecule has 1 rings (SSSR count). The zero-order valence-corrected chi connectivity index (χ0v) is 9.03. The second-order valence-corrected chi connectivity index (χ2v) is 3.78. The zero-order chi connectivity index (χ0) is 12.5. The zero-order valence-electron chi connectivity index (χ0n) is 9.03. The summed E-state index contributed by atoms with van der Waals surface area (Å²) < 4.78 is 39.5. The number of halogens is 3. The first kappa shape index (κ1) is 12.8. The molecule has 0 fully saturated rings. The number of alkyl halides is 3. The number of rotatable bonds is 3. The van der Waals surface area contributed by atoms with Gasteiger partial charge < -0.3 is 5.73 Å². The molecule has 0 spiro atoms. The van der Waals surface area contributed by atoms with Gasteiger partial charge in [-0.1, -0.05) is 0 Å². The van der Waals surface area contributed by atoms with Crippen molar-refractivity contribution in [1.29, 1.82) is 0 Å². The van der Waals surface area contributed by atoms with Gasteiger partial charge in [0.2, 0.25) is 0 Å². The lowest BCUT2D eigenvalue weighted by Gasteiger charge is -2.19. The van der Waals surface area contributed by atoms with Crippen molar-refractivity contribution in [2.45, 2.75) is 32.1 Å². The molecule has 0 bridgehead atoms. The SMILES string of the molecule is CC(C)n1ccn(C(CN)C(F)(F)F)c1=O. The third kappa shape index (κ3) is 2.29. The standard InChI is InChI=1S/C9H14F3N3O/c1-6(2)14-3-4-15(8(14)16)7(5-13)9(10,11)12/h3-4,6-7H,5,13H2,1-2H3. The van der Waals surface area contributed by atoms with Gasteiger partial charge >= 0.3 is 11.9 Å². The summed E-state index contributed by atoms with van der Waals surface area (Å²) in [6.45, 7) is 2.79. The van der Waals surface area contributed by atoms with Gasteiger partial charge in [0, 0.05) is 25.0 Å². The summed E-state index contributed by atoms with van der Waals surface area (Å²) in [6, 6.07) is -2.14. The average molecular weight is 237 g/mol. The molecular weight excluding hydrogens is 223 g/mol. The number of hydrogen-bond acceptors (Lipinski definition) is 2. The van der Waals surface area contributed by atoms with E-state index in [1.807, 2.05) is 0 Å². The summed E-state index contributed by atoms with van der Waals surface area (Å²) in [7, 11) is 0. The van der Waals surface area contributed by atoms with E-state index >= 15 is 0 Å². The fourth-order valence-electron chi connectivity index (χ4n) is 1.44. The minimum atomic E-state index is -4.51. The van der Waals surface area contributed by atoms with E-state index in [2.05, 4.69) is 0 Å². The predicted octanol–water partition coefficient (Wildman–Crippen LogP) is 1.29. The maximum Gasteiger partial charge on any atom is 0.410 e. The van der Waals surface area contributed by atoms with Gasteiger partial charge in [0.15, 0.2) is 0 Å². The summed E-state index contributed by atoms with van der Waals surface area (Å²) in [5.41, 5.74) is 4.36. The second-order valence-electron chi connectivity index (χ2n) is 3.78. The Morgan fingerprint density at radius 2 is 1.81 bits per heavy atom. The lowest BCUT2D eigenvalue weighted by atomic mass is 10.3. The maximum absolute atomic E-state index is 12.5. The quantitative estimate of drug-likeness (QED) is 0.861. The Morgan fingerprint density at radius 3 is 2.12 bits per heavy atom. The molecule has 0 radical (unpaired) electrons. The first-order valence-corrected chi connectivity index (χ1v) is 4.84. The molecule has 0 aliphatic heterocycles. The summed E-state index contributed by atoms with van der Waals surface area (Å²) in [4.78, 5) is 11.6. The van der Waals surface area contributed by atoms with Crippen LogP contribution in [0.5, 0.6) is 0 Å². The molecule has 16 heavy (non-hydrogen) atoms. The maximum atomic E-state index is 12.5. The lowest BCUT2D eigenvalue weighted by molar-refractivity contribution is -0.165. The van der Waals surface area contributed by atoms with Gasteiger partial charge in [0.05, 0.1) is 0 Å². The highest BCUT2D eigenvalue weighted by Gasteiger charge is 2.41. The van der Waals surface area contributed by atoms with Gasteiger partial charge in [0.25, 0.3) is 0 Å². The molecule has 2 N–H and O–H groups in total. The minimum absolute atomic E-state index is 0.180. The molecule has 0 aliphatic carbocycles. The van der Waals surface area contributed by atoms with Gasteiger partial charge in [-0.05, 0) is 13.8 Å². The van der Waals surface area contributed by atoms with Crippen molar-refractivity contribution < 1.29 is 13.2 Å². The molecule has 1 heterocycles. The molecule has 1 atom stereocenters. The van der Waals surface area contributed by atoms with Crippen LogP contribution in [0.25, 0.3) is 0 Å². The molecule has 1 unspecified atom stereocenters. The van der Waals surface area contributed by atoms with Crippen LogP contribution in [-0.4, -0.2) is 21.9 Å². The fourth-order valence-corrected chi connectivity index (χ4v) is 1.44. The van der Waals surface area contributed by atoms with Crippen LogP contribution in [-0.2, 0) is 0 Å². The van der Waals surface area contributed by atoms with Crippen LogP contribution in [0.3, 0.4) is 0 Å². The van der Waals surface area contributed by atoms with Crippen LogP contribution in [0.4, 0.5) is 13.2 Å². The number of imidazole rings is 1. The van der Waals surface area contributed by atoms with Crippen molar-refractivity contribution in [2.75, 3.05) is 6.54 Å². The molecule has 0 aromatic carbocycles. The Bertz CT molecular complexity index is 405. The van der Waals surface area contributed by atoms with Crippen LogP contribution in [0, 0.1) is 0 Å². The van der Waals surface area contributed by atoms with Crippen molar-refractivity contribution in [1.82, 2.24) is 9.13 Å². The van der Waals surface area contributed by atoms with E-state index in [-0.39, 0.29) is 6.04 Å². The Morgan fingerprint density at radius 1 is 1.31 bits per heavy atom. The molecule has 0 saturated heterocycles. The van der Waals surface area contributed by atoms with E-state index in [1.54, 1.807) is 13.8 Å². The van der Waals surface area contributed by atoms with Crippen molar-refractivity contribution in [3.8, 4) is 0 Å². The minimum Gasteiger partial charge on any atom is -0.328 e. The molecular formula is C9H14F3N3O. The van der Waals surface area contributed by atoms with E-state index < -0.39 is 24.5 Å². The first-order valence-electron chi connectivity index (χ1n) is 4.84. The number of aromatic nitrogens is 2. The number of nitrogens with two attached hydrogens (primary N) is 1. The predicted molar refractivity (Wildman–Crippen MR) is 53.2 cm³/mol. The van der Waals surface area contributed by atoms with Crippen LogP contribution in [0.2, 0.25) is 0 Å². The molecule has 0 aliphatic rings.